The number of carbonyl (C=O) groups is 1. The third-order valence-corrected chi connectivity index (χ3v) is 3.64. The number of halogens is 2. The third kappa shape index (κ3) is 5.93. The zero-order valence-corrected chi connectivity index (χ0v) is 13.6. The lowest BCUT2D eigenvalue weighted by atomic mass is 9.94. The van der Waals surface area contributed by atoms with Crippen LogP contribution in [0.1, 0.15) is 26.7 Å². The van der Waals surface area contributed by atoms with Crippen LogP contribution in [0.15, 0.2) is 22.7 Å². The second kappa shape index (κ2) is 7.88. The van der Waals surface area contributed by atoms with Gasteiger partial charge in [0, 0.05) is 10.9 Å². The summed E-state index contributed by atoms with van der Waals surface area (Å²) in [5.74, 6) is 0.706. The Kier molecular flexibility index (Phi) is 6.83. The van der Waals surface area contributed by atoms with Crippen LogP contribution < -0.4 is 11.1 Å². The minimum Gasteiger partial charge on any atom is -0.330 e. The largest absolute Gasteiger partial charge is 0.330 e. The second-order valence-corrected chi connectivity index (χ2v) is 6.43. The average molecular weight is 348 g/mol. The first-order chi connectivity index (χ1) is 8.92. The highest BCUT2D eigenvalue weighted by molar-refractivity contribution is 9.10. The summed E-state index contributed by atoms with van der Waals surface area (Å²) < 4.78 is 0.879. The molecule has 3 nitrogen and oxygen atoms in total. The van der Waals surface area contributed by atoms with Crippen molar-refractivity contribution < 1.29 is 4.79 Å². The minimum absolute atomic E-state index is 0.0453. The summed E-state index contributed by atoms with van der Waals surface area (Å²) in [5.41, 5.74) is 6.33. The number of anilines is 1. The lowest BCUT2D eigenvalue weighted by Crippen LogP contribution is -2.23. The number of hydrogen-bond donors (Lipinski definition) is 2. The number of hydrogen-bond acceptors (Lipinski definition) is 2. The standard InChI is InChI=1S/C14H20BrClN2O/c1-9(2)5-10(8-17)6-14(19)18-13-7-11(15)3-4-12(13)16/h3-4,7,9-10H,5-6,8,17H2,1-2H3,(H,18,19)/t10-/m0/s1. The van der Waals surface area contributed by atoms with Gasteiger partial charge < -0.3 is 11.1 Å². The van der Waals surface area contributed by atoms with Crippen LogP contribution in [-0.2, 0) is 4.79 Å². The summed E-state index contributed by atoms with van der Waals surface area (Å²) in [6.45, 7) is 4.79. The topological polar surface area (TPSA) is 55.1 Å². The molecule has 0 unspecified atom stereocenters. The molecule has 19 heavy (non-hydrogen) atoms. The number of benzene rings is 1. The molecule has 0 fully saturated rings. The predicted molar refractivity (Wildman–Crippen MR) is 84.4 cm³/mol. The normalized spacial score (nSPS) is 12.5. The van der Waals surface area contributed by atoms with Gasteiger partial charge in [-0.15, -0.1) is 0 Å². The molecule has 1 aromatic rings. The molecule has 0 saturated heterocycles. The van der Waals surface area contributed by atoms with E-state index in [-0.39, 0.29) is 11.8 Å². The fourth-order valence-corrected chi connectivity index (χ4v) is 2.51. The van der Waals surface area contributed by atoms with Crippen molar-refractivity contribution in [2.45, 2.75) is 26.7 Å². The monoisotopic (exact) mass is 346 g/mol. The molecule has 0 aliphatic heterocycles. The van der Waals surface area contributed by atoms with Gasteiger partial charge in [0.25, 0.3) is 0 Å². The number of carbonyl (C=O) groups excluding carboxylic acids is 1. The molecule has 0 saturated carbocycles. The van der Waals surface area contributed by atoms with E-state index in [9.17, 15) is 4.79 Å². The van der Waals surface area contributed by atoms with Crippen LogP contribution in [0.3, 0.4) is 0 Å². The first-order valence-electron chi connectivity index (χ1n) is 6.37. The molecule has 1 rings (SSSR count). The predicted octanol–water partition coefficient (Wildman–Crippen LogP) is 4.05. The van der Waals surface area contributed by atoms with Gasteiger partial charge in [0.05, 0.1) is 10.7 Å². The van der Waals surface area contributed by atoms with Gasteiger partial charge in [0.15, 0.2) is 0 Å². The Labute approximate surface area is 128 Å². The van der Waals surface area contributed by atoms with Gasteiger partial charge in [-0.25, -0.2) is 0 Å². The highest BCUT2D eigenvalue weighted by Crippen LogP contribution is 2.26. The molecule has 0 heterocycles. The van der Waals surface area contributed by atoms with Crippen LogP contribution >= 0.6 is 27.5 Å². The van der Waals surface area contributed by atoms with Gasteiger partial charge in [-0.3, -0.25) is 4.79 Å². The van der Waals surface area contributed by atoms with Gasteiger partial charge in [-0.05, 0) is 43.0 Å². The van der Waals surface area contributed by atoms with E-state index >= 15 is 0 Å². The number of nitrogens with one attached hydrogen (secondary N) is 1. The molecular formula is C14H20BrClN2O. The maximum absolute atomic E-state index is 12.0. The molecule has 1 aromatic carbocycles. The molecule has 0 aliphatic carbocycles. The fourth-order valence-electron chi connectivity index (χ4n) is 1.99. The van der Waals surface area contributed by atoms with Crippen molar-refractivity contribution in [3.05, 3.63) is 27.7 Å². The van der Waals surface area contributed by atoms with E-state index < -0.39 is 0 Å². The summed E-state index contributed by atoms with van der Waals surface area (Å²) in [7, 11) is 0. The van der Waals surface area contributed by atoms with Crippen molar-refractivity contribution in [3.8, 4) is 0 Å². The van der Waals surface area contributed by atoms with Crippen LogP contribution in [0.2, 0.25) is 5.02 Å². The van der Waals surface area contributed by atoms with Gasteiger partial charge in [-0.2, -0.15) is 0 Å². The van der Waals surface area contributed by atoms with Gasteiger partial charge in [0.2, 0.25) is 5.91 Å². The SMILES string of the molecule is CC(C)C[C@H](CN)CC(=O)Nc1cc(Br)ccc1Cl. The molecule has 0 radical (unpaired) electrons. The average Bonchev–Trinajstić information content (AvgIpc) is 2.32. The van der Waals surface area contributed by atoms with E-state index in [1.807, 2.05) is 6.07 Å². The molecule has 3 N–H and O–H groups in total. The Balaban J connectivity index is 2.61. The summed E-state index contributed by atoms with van der Waals surface area (Å²) in [6, 6.07) is 5.37. The van der Waals surface area contributed by atoms with Crippen molar-refractivity contribution in [2.24, 2.45) is 17.6 Å². The van der Waals surface area contributed by atoms with Crippen LogP contribution in [0.5, 0.6) is 0 Å². The van der Waals surface area contributed by atoms with E-state index in [0.717, 1.165) is 10.9 Å². The number of amides is 1. The van der Waals surface area contributed by atoms with Crippen molar-refractivity contribution in [1.29, 1.82) is 0 Å². The molecule has 0 aliphatic rings. The Hall–Kier alpha value is -0.580. The summed E-state index contributed by atoms with van der Waals surface area (Å²) in [4.78, 5) is 12.0. The third-order valence-electron chi connectivity index (χ3n) is 2.81. The quantitative estimate of drug-likeness (QED) is 0.815. The van der Waals surface area contributed by atoms with Crippen LogP contribution in [0.25, 0.3) is 0 Å². The van der Waals surface area contributed by atoms with E-state index in [4.69, 9.17) is 17.3 Å². The maximum atomic E-state index is 12.0. The second-order valence-electron chi connectivity index (χ2n) is 5.11. The number of nitrogens with two attached hydrogens (primary N) is 1. The fraction of sp³-hybridized carbons (Fsp3) is 0.500. The highest BCUT2D eigenvalue weighted by atomic mass is 79.9. The zero-order valence-electron chi connectivity index (χ0n) is 11.2. The van der Waals surface area contributed by atoms with Crippen molar-refractivity contribution in [3.63, 3.8) is 0 Å². The molecule has 0 bridgehead atoms. The smallest absolute Gasteiger partial charge is 0.224 e. The van der Waals surface area contributed by atoms with Crippen LogP contribution in [0.4, 0.5) is 5.69 Å². The van der Waals surface area contributed by atoms with E-state index in [1.165, 1.54) is 0 Å². The number of rotatable bonds is 6. The van der Waals surface area contributed by atoms with E-state index in [0.29, 0.717) is 29.6 Å². The lowest BCUT2D eigenvalue weighted by Gasteiger charge is -2.17. The molecule has 1 atom stereocenters. The first-order valence-corrected chi connectivity index (χ1v) is 7.54. The van der Waals surface area contributed by atoms with Crippen molar-refractivity contribution in [1.82, 2.24) is 0 Å². The minimum atomic E-state index is -0.0453. The first kappa shape index (κ1) is 16.5. The van der Waals surface area contributed by atoms with Crippen molar-refractivity contribution >= 4 is 39.1 Å². The lowest BCUT2D eigenvalue weighted by molar-refractivity contribution is -0.117. The molecule has 0 spiro atoms. The van der Waals surface area contributed by atoms with Gasteiger partial charge in [0.1, 0.15) is 0 Å². The summed E-state index contributed by atoms with van der Waals surface area (Å²) >= 11 is 9.39. The summed E-state index contributed by atoms with van der Waals surface area (Å²) in [5, 5.41) is 3.36. The Bertz CT molecular complexity index is 437. The highest BCUT2D eigenvalue weighted by Gasteiger charge is 2.15. The molecular weight excluding hydrogens is 328 g/mol. The molecule has 1 amide bonds. The molecule has 5 heteroatoms. The Morgan fingerprint density at radius 2 is 2.16 bits per heavy atom. The van der Waals surface area contributed by atoms with E-state index in [2.05, 4.69) is 35.1 Å². The van der Waals surface area contributed by atoms with Crippen LogP contribution in [-0.4, -0.2) is 12.5 Å². The molecule has 106 valence electrons. The Morgan fingerprint density at radius 1 is 1.47 bits per heavy atom. The maximum Gasteiger partial charge on any atom is 0.224 e. The van der Waals surface area contributed by atoms with Crippen LogP contribution in [0, 0.1) is 11.8 Å². The van der Waals surface area contributed by atoms with Gasteiger partial charge >= 0.3 is 0 Å². The van der Waals surface area contributed by atoms with E-state index in [1.54, 1.807) is 12.1 Å². The zero-order chi connectivity index (χ0) is 14.4. The summed E-state index contributed by atoms with van der Waals surface area (Å²) in [6.07, 6.45) is 1.38. The Morgan fingerprint density at radius 3 is 2.74 bits per heavy atom. The molecule has 0 aromatic heterocycles. The van der Waals surface area contributed by atoms with Crippen molar-refractivity contribution in [2.75, 3.05) is 11.9 Å². The van der Waals surface area contributed by atoms with Gasteiger partial charge in [-0.1, -0.05) is 41.4 Å².